The number of nitrogens with one attached hydrogen (secondary N) is 2. The second kappa shape index (κ2) is 5.13. The van der Waals surface area contributed by atoms with Gasteiger partial charge in [-0.1, -0.05) is 24.3 Å². The summed E-state index contributed by atoms with van der Waals surface area (Å²) in [6.07, 6.45) is 4.39. The Morgan fingerprint density at radius 2 is 1.77 bits per heavy atom. The van der Waals surface area contributed by atoms with E-state index in [9.17, 15) is 9.59 Å². The minimum atomic E-state index is -0.584. The smallest absolute Gasteiger partial charge is 0.313 e. The van der Waals surface area contributed by atoms with Gasteiger partial charge in [0.2, 0.25) is 0 Å². The molecule has 0 spiro atoms. The molecule has 2 amide bonds. The van der Waals surface area contributed by atoms with Gasteiger partial charge >= 0.3 is 11.8 Å². The Kier molecular flexibility index (Phi) is 3.10. The summed E-state index contributed by atoms with van der Waals surface area (Å²) in [4.78, 5) is 23.9. The fourth-order valence-corrected chi connectivity index (χ4v) is 3.17. The molecule has 22 heavy (non-hydrogen) atoms. The van der Waals surface area contributed by atoms with Crippen LogP contribution >= 0.6 is 0 Å². The molecule has 0 aliphatic heterocycles. The average Bonchev–Trinajstić information content (AvgIpc) is 3.27. The van der Waals surface area contributed by atoms with Crippen molar-refractivity contribution in [1.82, 2.24) is 5.32 Å². The van der Waals surface area contributed by atoms with E-state index in [0.29, 0.717) is 18.2 Å². The van der Waals surface area contributed by atoms with E-state index in [2.05, 4.69) is 22.8 Å². The summed E-state index contributed by atoms with van der Waals surface area (Å²) in [6, 6.07) is 10.1. The predicted molar refractivity (Wildman–Crippen MR) is 85.7 cm³/mol. The third-order valence-electron chi connectivity index (χ3n) is 4.58. The molecule has 0 aromatic heterocycles. The number of anilines is 1. The summed E-state index contributed by atoms with van der Waals surface area (Å²) >= 11 is 0. The molecule has 0 atom stereocenters. The Hall–Kier alpha value is -2.36. The number of carbonyl (C=O) groups excluding carboxylic acids is 2. The average molecular weight is 294 g/mol. The standard InChI is InChI=1S/C18H18N2O2/c21-17(19-10-11-4-5-11)18(22)20-15-9-8-13-7-6-12-2-1-3-14(15)16(12)13/h1-3,8-9,11H,4-7,10H2,(H,19,21)(H,20,22). The van der Waals surface area contributed by atoms with Crippen LogP contribution in [0.15, 0.2) is 30.3 Å². The molecule has 1 fully saturated rings. The third kappa shape index (κ3) is 2.34. The van der Waals surface area contributed by atoms with Crippen LogP contribution in [0.25, 0.3) is 10.8 Å². The number of benzene rings is 2. The molecule has 0 heterocycles. The van der Waals surface area contributed by atoms with Gasteiger partial charge in [0.05, 0.1) is 0 Å². The number of rotatable bonds is 3. The predicted octanol–water partition coefficient (Wildman–Crippen LogP) is 2.40. The number of hydrogen-bond acceptors (Lipinski definition) is 2. The van der Waals surface area contributed by atoms with Crippen molar-refractivity contribution in [3.05, 3.63) is 41.5 Å². The first kappa shape index (κ1) is 13.3. The first-order valence-electron chi connectivity index (χ1n) is 7.85. The maximum absolute atomic E-state index is 12.1. The first-order chi connectivity index (χ1) is 10.7. The van der Waals surface area contributed by atoms with Gasteiger partial charge in [0.15, 0.2) is 0 Å². The van der Waals surface area contributed by atoms with E-state index in [1.165, 1.54) is 16.5 Å². The van der Waals surface area contributed by atoms with Gasteiger partial charge in [-0.25, -0.2) is 0 Å². The van der Waals surface area contributed by atoms with Crippen LogP contribution in [-0.4, -0.2) is 18.4 Å². The maximum atomic E-state index is 12.1. The zero-order valence-corrected chi connectivity index (χ0v) is 12.3. The highest BCUT2D eigenvalue weighted by Crippen LogP contribution is 2.35. The molecule has 0 bridgehead atoms. The zero-order valence-electron chi connectivity index (χ0n) is 12.3. The summed E-state index contributed by atoms with van der Waals surface area (Å²) in [7, 11) is 0. The molecule has 0 saturated heterocycles. The molecular weight excluding hydrogens is 276 g/mol. The second-order valence-corrected chi connectivity index (χ2v) is 6.22. The topological polar surface area (TPSA) is 58.2 Å². The van der Waals surface area contributed by atoms with E-state index in [4.69, 9.17) is 0 Å². The Balaban J connectivity index is 1.56. The lowest BCUT2D eigenvalue weighted by Crippen LogP contribution is -2.36. The molecule has 2 aromatic rings. The molecule has 2 N–H and O–H groups in total. The van der Waals surface area contributed by atoms with Crippen LogP contribution in [0, 0.1) is 5.92 Å². The van der Waals surface area contributed by atoms with Crippen molar-refractivity contribution >= 4 is 28.3 Å². The van der Waals surface area contributed by atoms with E-state index in [1.54, 1.807) is 0 Å². The van der Waals surface area contributed by atoms with Gasteiger partial charge in [-0.05, 0) is 54.2 Å². The molecule has 2 aliphatic rings. The monoisotopic (exact) mass is 294 g/mol. The van der Waals surface area contributed by atoms with Gasteiger partial charge in [-0.2, -0.15) is 0 Å². The third-order valence-corrected chi connectivity index (χ3v) is 4.58. The van der Waals surface area contributed by atoms with Crippen molar-refractivity contribution in [3.63, 3.8) is 0 Å². The molecule has 4 heteroatoms. The minimum Gasteiger partial charge on any atom is -0.348 e. The lowest BCUT2D eigenvalue weighted by Gasteiger charge is -2.10. The first-order valence-corrected chi connectivity index (χ1v) is 7.85. The van der Waals surface area contributed by atoms with Crippen LogP contribution in [0.2, 0.25) is 0 Å². The molecule has 4 nitrogen and oxygen atoms in total. The summed E-state index contributed by atoms with van der Waals surface area (Å²) in [5.41, 5.74) is 3.36. The van der Waals surface area contributed by atoms with Gasteiger partial charge < -0.3 is 10.6 Å². The van der Waals surface area contributed by atoms with E-state index in [-0.39, 0.29) is 0 Å². The van der Waals surface area contributed by atoms with Gasteiger partial charge in [0.25, 0.3) is 0 Å². The maximum Gasteiger partial charge on any atom is 0.313 e. The Bertz CT molecular complexity index is 768. The number of hydrogen-bond donors (Lipinski definition) is 2. The lowest BCUT2D eigenvalue weighted by atomic mass is 10.0. The largest absolute Gasteiger partial charge is 0.348 e. The Labute approximate surface area is 128 Å². The van der Waals surface area contributed by atoms with Crippen molar-refractivity contribution in [2.75, 3.05) is 11.9 Å². The van der Waals surface area contributed by atoms with Crippen LogP contribution in [0.4, 0.5) is 5.69 Å². The fourth-order valence-electron chi connectivity index (χ4n) is 3.17. The van der Waals surface area contributed by atoms with Crippen molar-refractivity contribution in [2.24, 2.45) is 5.92 Å². The van der Waals surface area contributed by atoms with E-state index in [1.807, 2.05) is 18.2 Å². The second-order valence-electron chi connectivity index (χ2n) is 6.22. The molecule has 2 aromatic carbocycles. The molecular formula is C18H18N2O2. The van der Waals surface area contributed by atoms with Crippen LogP contribution < -0.4 is 10.6 Å². The van der Waals surface area contributed by atoms with Gasteiger partial charge in [-0.15, -0.1) is 0 Å². The van der Waals surface area contributed by atoms with Gasteiger partial charge in [0, 0.05) is 17.6 Å². The molecule has 1 saturated carbocycles. The highest BCUT2D eigenvalue weighted by atomic mass is 16.2. The normalized spacial score (nSPS) is 15.8. The Morgan fingerprint density at radius 3 is 2.55 bits per heavy atom. The molecule has 0 radical (unpaired) electrons. The van der Waals surface area contributed by atoms with Crippen molar-refractivity contribution in [3.8, 4) is 0 Å². The zero-order chi connectivity index (χ0) is 15.1. The van der Waals surface area contributed by atoms with Crippen LogP contribution in [0.5, 0.6) is 0 Å². The van der Waals surface area contributed by atoms with Crippen molar-refractivity contribution in [2.45, 2.75) is 25.7 Å². The summed E-state index contributed by atoms with van der Waals surface area (Å²) in [5.74, 6) is -0.567. The van der Waals surface area contributed by atoms with Crippen LogP contribution in [0.1, 0.15) is 24.0 Å². The molecule has 2 aliphatic carbocycles. The van der Waals surface area contributed by atoms with Crippen LogP contribution in [-0.2, 0) is 22.4 Å². The fraction of sp³-hybridized carbons (Fsp3) is 0.333. The summed E-state index contributed by atoms with van der Waals surface area (Å²) in [6.45, 7) is 0.607. The summed E-state index contributed by atoms with van der Waals surface area (Å²) in [5, 5.41) is 7.72. The van der Waals surface area contributed by atoms with E-state index in [0.717, 1.165) is 31.1 Å². The highest BCUT2D eigenvalue weighted by molar-refractivity contribution is 6.40. The number of amides is 2. The number of carbonyl (C=O) groups is 2. The molecule has 112 valence electrons. The summed E-state index contributed by atoms with van der Waals surface area (Å²) < 4.78 is 0. The van der Waals surface area contributed by atoms with Crippen LogP contribution in [0.3, 0.4) is 0 Å². The van der Waals surface area contributed by atoms with Crippen molar-refractivity contribution in [1.29, 1.82) is 0 Å². The van der Waals surface area contributed by atoms with Crippen molar-refractivity contribution < 1.29 is 9.59 Å². The van der Waals surface area contributed by atoms with E-state index < -0.39 is 11.8 Å². The number of aryl methyl sites for hydroxylation is 2. The Morgan fingerprint density at radius 1 is 1.00 bits per heavy atom. The van der Waals surface area contributed by atoms with Gasteiger partial charge in [-0.3, -0.25) is 9.59 Å². The highest BCUT2D eigenvalue weighted by Gasteiger charge is 2.24. The SMILES string of the molecule is O=C(NCC1CC1)C(=O)Nc1ccc2c3c(cccc13)CC2. The van der Waals surface area contributed by atoms with E-state index >= 15 is 0 Å². The lowest BCUT2D eigenvalue weighted by molar-refractivity contribution is -0.136. The van der Waals surface area contributed by atoms with Gasteiger partial charge in [0.1, 0.15) is 0 Å². The minimum absolute atomic E-state index is 0.546. The molecule has 0 unspecified atom stereocenters. The quantitative estimate of drug-likeness (QED) is 0.854. The molecule has 4 rings (SSSR count).